The second-order valence-electron chi connectivity index (χ2n) is 6.47. The van der Waals surface area contributed by atoms with E-state index in [9.17, 15) is 22.8 Å². The Morgan fingerprint density at radius 1 is 1.18 bits per heavy atom. The van der Waals surface area contributed by atoms with Crippen LogP contribution in [0, 0.1) is 24.4 Å². The predicted molar refractivity (Wildman–Crippen MR) is 104 cm³/mol. The molecule has 1 aromatic heterocycles. The number of carbonyl (C=O) groups excluding carboxylic acids is 1. The molecule has 0 aliphatic carbocycles. The summed E-state index contributed by atoms with van der Waals surface area (Å²) in [5.74, 6) is -2.49. The second-order valence-corrected chi connectivity index (χ2v) is 7.27. The first-order valence-electron chi connectivity index (χ1n) is 8.42. The molecule has 1 atom stereocenters. The number of amides is 1. The van der Waals surface area contributed by atoms with Gasteiger partial charge in [0.2, 0.25) is 5.91 Å². The van der Waals surface area contributed by atoms with Crippen LogP contribution < -0.4 is 10.9 Å². The molecule has 0 radical (unpaired) electrons. The van der Waals surface area contributed by atoms with Crippen LogP contribution in [0.1, 0.15) is 29.7 Å². The molecular formula is C20H16BrF3N2O2. The van der Waals surface area contributed by atoms with E-state index in [1.54, 1.807) is 13.8 Å². The molecule has 2 N–H and O–H groups in total. The van der Waals surface area contributed by atoms with Crippen LogP contribution in [0.2, 0.25) is 0 Å². The Balaban J connectivity index is 1.89. The van der Waals surface area contributed by atoms with Crippen LogP contribution in [-0.4, -0.2) is 10.9 Å². The maximum absolute atomic E-state index is 13.9. The number of carbonyl (C=O) groups is 1. The van der Waals surface area contributed by atoms with Gasteiger partial charge in [-0.15, -0.1) is 0 Å². The zero-order valence-electron chi connectivity index (χ0n) is 15.0. The molecular weight excluding hydrogens is 437 g/mol. The van der Waals surface area contributed by atoms with E-state index in [2.05, 4.69) is 26.2 Å². The van der Waals surface area contributed by atoms with Gasteiger partial charge in [-0.1, -0.05) is 6.07 Å². The lowest BCUT2D eigenvalue weighted by Gasteiger charge is -2.16. The molecule has 0 fully saturated rings. The van der Waals surface area contributed by atoms with Crippen molar-refractivity contribution >= 4 is 32.7 Å². The van der Waals surface area contributed by atoms with Gasteiger partial charge in [0.25, 0.3) is 5.56 Å². The third-order valence-corrected chi connectivity index (χ3v) is 5.36. The molecule has 0 saturated heterocycles. The minimum atomic E-state index is -0.771. The minimum absolute atomic E-state index is 0.128. The van der Waals surface area contributed by atoms with Gasteiger partial charge in [0, 0.05) is 28.1 Å². The molecule has 3 aromatic rings. The number of aromatic amines is 1. The van der Waals surface area contributed by atoms with Crippen molar-refractivity contribution in [1.29, 1.82) is 0 Å². The van der Waals surface area contributed by atoms with Gasteiger partial charge in [0.05, 0.1) is 16.9 Å². The van der Waals surface area contributed by atoms with E-state index in [1.165, 1.54) is 18.2 Å². The number of benzene rings is 2. The average Bonchev–Trinajstić information content (AvgIpc) is 2.61. The van der Waals surface area contributed by atoms with Crippen molar-refractivity contribution in [2.24, 2.45) is 0 Å². The second kappa shape index (κ2) is 7.79. The summed E-state index contributed by atoms with van der Waals surface area (Å²) in [6.45, 7) is 3.19. The van der Waals surface area contributed by atoms with Crippen molar-refractivity contribution in [2.45, 2.75) is 26.3 Å². The fourth-order valence-corrected chi connectivity index (χ4v) is 3.78. The summed E-state index contributed by atoms with van der Waals surface area (Å²) < 4.78 is 41.0. The maximum atomic E-state index is 13.9. The largest absolute Gasteiger partial charge is 0.349 e. The number of hydrogen-bond acceptors (Lipinski definition) is 2. The van der Waals surface area contributed by atoms with Crippen molar-refractivity contribution in [3.05, 3.63) is 79.3 Å². The fourth-order valence-electron chi connectivity index (χ4n) is 3.14. The van der Waals surface area contributed by atoms with Crippen molar-refractivity contribution < 1.29 is 18.0 Å². The Morgan fingerprint density at radius 2 is 1.89 bits per heavy atom. The summed E-state index contributed by atoms with van der Waals surface area (Å²) in [6.07, 6.45) is -0.271. The molecule has 28 heavy (non-hydrogen) atoms. The van der Waals surface area contributed by atoms with Gasteiger partial charge in [0.15, 0.2) is 0 Å². The van der Waals surface area contributed by atoms with Crippen LogP contribution in [0.4, 0.5) is 13.2 Å². The highest BCUT2D eigenvalue weighted by Gasteiger charge is 2.19. The maximum Gasteiger partial charge on any atom is 0.252 e. The summed E-state index contributed by atoms with van der Waals surface area (Å²) in [5, 5.41) is 3.07. The van der Waals surface area contributed by atoms with E-state index < -0.39 is 35.0 Å². The van der Waals surface area contributed by atoms with Crippen LogP contribution in [0.25, 0.3) is 10.9 Å². The number of hydrogen-bond donors (Lipinski definition) is 2. The van der Waals surface area contributed by atoms with E-state index in [0.717, 1.165) is 12.1 Å². The van der Waals surface area contributed by atoms with Crippen LogP contribution >= 0.6 is 15.9 Å². The molecule has 0 aliphatic rings. The monoisotopic (exact) mass is 452 g/mol. The SMILES string of the molecule is Cc1c(CC(=O)N[C@@H](C)c2ccc(F)cc2F)c(=O)[nH]c2ccc(F)c(Br)c12. The summed E-state index contributed by atoms with van der Waals surface area (Å²) in [5.41, 5.74) is 0.772. The molecule has 1 heterocycles. The molecule has 0 aliphatic heterocycles. The van der Waals surface area contributed by atoms with E-state index in [1.807, 2.05) is 0 Å². The first-order chi connectivity index (χ1) is 13.2. The molecule has 1 amide bonds. The number of halogens is 4. The highest BCUT2D eigenvalue weighted by Crippen LogP contribution is 2.29. The highest BCUT2D eigenvalue weighted by atomic mass is 79.9. The Bertz CT molecular complexity index is 1140. The third-order valence-electron chi connectivity index (χ3n) is 4.59. The molecule has 146 valence electrons. The Morgan fingerprint density at radius 3 is 2.57 bits per heavy atom. The summed E-state index contributed by atoms with van der Waals surface area (Å²) in [6, 6.07) is 5.05. The number of pyridine rings is 1. The number of aromatic nitrogens is 1. The zero-order chi connectivity index (χ0) is 20.6. The van der Waals surface area contributed by atoms with Gasteiger partial charge in [0.1, 0.15) is 17.5 Å². The normalized spacial score (nSPS) is 12.2. The van der Waals surface area contributed by atoms with Gasteiger partial charge < -0.3 is 10.3 Å². The Hall–Kier alpha value is -2.61. The van der Waals surface area contributed by atoms with E-state index in [0.29, 0.717) is 16.5 Å². The van der Waals surface area contributed by atoms with E-state index >= 15 is 0 Å². The molecule has 3 rings (SSSR count). The molecule has 0 saturated carbocycles. The lowest BCUT2D eigenvalue weighted by atomic mass is 10.0. The standard InChI is InChI=1S/C20H16BrF3N2O2/c1-9-13(20(28)26-16-6-5-14(23)19(21)18(9)16)8-17(27)25-10(2)12-4-3-11(22)7-15(12)24/h3-7,10H,8H2,1-2H3,(H,25,27)(H,26,28)/t10-/m0/s1. The van der Waals surface area contributed by atoms with Gasteiger partial charge in [-0.05, 0) is 53.5 Å². The first-order valence-corrected chi connectivity index (χ1v) is 9.22. The molecule has 2 aromatic carbocycles. The van der Waals surface area contributed by atoms with Gasteiger partial charge in [-0.25, -0.2) is 13.2 Å². The van der Waals surface area contributed by atoms with Gasteiger partial charge in [-0.2, -0.15) is 0 Å². The van der Waals surface area contributed by atoms with Crippen LogP contribution in [0.5, 0.6) is 0 Å². The lowest BCUT2D eigenvalue weighted by Crippen LogP contribution is -2.31. The van der Waals surface area contributed by atoms with Crippen molar-refractivity contribution in [3.8, 4) is 0 Å². The Kier molecular flexibility index (Phi) is 5.60. The molecule has 0 bridgehead atoms. The molecule has 0 spiro atoms. The highest BCUT2D eigenvalue weighted by molar-refractivity contribution is 9.10. The molecule has 8 heteroatoms. The summed E-state index contributed by atoms with van der Waals surface area (Å²) in [7, 11) is 0. The lowest BCUT2D eigenvalue weighted by molar-refractivity contribution is -0.121. The van der Waals surface area contributed by atoms with Crippen molar-refractivity contribution in [1.82, 2.24) is 10.3 Å². The van der Waals surface area contributed by atoms with Crippen molar-refractivity contribution in [3.63, 3.8) is 0 Å². The van der Waals surface area contributed by atoms with Crippen LogP contribution in [0.3, 0.4) is 0 Å². The number of aryl methyl sites for hydroxylation is 1. The van der Waals surface area contributed by atoms with Gasteiger partial charge >= 0.3 is 0 Å². The van der Waals surface area contributed by atoms with E-state index in [-0.39, 0.29) is 22.0 Å². The predicted octanol–water partition coefficient (Wildman–Crippen LogP) is 4.44. The number of H-pyrrole nitrogens is 1. The average molecular weight is 453 g/mol. The molecule has 4 nitrogen and oxygen atoms in total. The van der Waals surface area contributed by atoms with Gasteiger partial charge in [-0.3, -0.25) is 9.59 Å². The van der Waals surface area contributed by atoms with Crippen molar-refractivity contribution in [2.75, 3.05) is 0 Å². The quantitative estimate of drug-likeness (QED) is 0.614. The number of fused-ring (bicyclic) bond motifs is 1. The minimum Gasteiger partial charge on any atom is -0.349 e. The molecule has 0 unspecified atom stereocenters. The summed E-state index contributed by atoms with van der Waals surface area (Å²) in [4.78, 5) is 27.4. The number of rotatable bonds is 4. The zero-order valence-corrected chi connectivity index (χ0v) is 16.6. The first kappa shape index (κ1) is 20.1. The topological polar surface area (TPSA) is 62.0 Å². The van der Waals surface area contributed by atoms with E-state index in [4.69, 9.17) is 0 Å². The Labute approximate surface area is 166 Å². The smallest absolute Gasteiger partial charge is 0.252 e. The third kappa shape index (κ3) is 3.82. The fraction of sp³-hybridized carbons (Fsp3) is 0.200. The summed E-state index contributed by atoms with van der Waals surface area (Å²) >= 11 is 3.17. The van der Waals surface area contributed by atoms with Crippen LogP contribution in [-0.2, 0) is 11.2 Å². The number of nitrogens with one attached hydrogen (secondary N) is 2. The van der Waals surface area contributed by atoms with Crippen LogP contribution in [0.15, 0.2) is 39.6 Å².